The molecule has 0 aromatic heterocycles. The van der Waals surface area contributed by atoms with Crippen molar-refractivity contribution < 1.29 is 14.3 Å². The van der Waals surface area contributed by atoms with Crippen LogP contribution in [0.2, 0.25) is 0 Å². The molecule has 21 heavy (non-hydrogen) atoms. The van der Waals surface area contributed by atoms with E-state index in [9.17, 15) is 4.79 Å². The van der Waals surface area contributed by atoms with E-state index in [-0.39, 0.29) is 31.1 Å². The number of rotatable bonds is 3. The van der Waals surface area contributed by atoms with Gasteiger partial charge in [0.2, 0.25) is 12.7 Å². The van der Waals surface area contributed by atoms with Crippen LogP contribution in [0.1, 0.15) is 12.8 Å². The summed E-state index contributed by atoms with van der Waals surface area (Å²) in [4.78, 5) is 14.1. The average Bonchev–Trinajstić information content (AvgIpc) is 2.86. The van der Waals surface area contributed by atoms with Crippen LogP contribution in [0.4, 0.5) is 5.69 Å². The molecule has 7 heteroatoms. The second-order valence-electron chi connectivity index (χ2n) is 5.25. The standard InChI is InChI=1S/C14H19N3O3.ClH/c15-10-2-1-5-17(7-10)8-14(18)16-11-3-4-12-13(6-11)20-9-19-12;/h3-4,6,10H,1-2,5,7-9,15H2,(H,16,18);1H/t10-;/m1./s1. The lowest BCUT2D eigenvalue weighted by molar-refractivity contribution is -0.117. The van der Waals surface area contributed by atoms with E-state index in [0.29, 0.717) is 18.0 Å². The fourth-order valence-electron chi connectivity index (χ4n) is 2.61. The number of piperidine rings is 1. The van der Waals surface area contributed by atoms with Gasteiger partial charge in [0.1, 0.15) is 0 Å². The van der Waals surface area contributed by atoms with Crippen LogP contribution in [0.3, 0.4) is 0 Å². The maximum Gasteiger partial charge on any atom is 0.238 e. The van der Waals surface area contributed by atoms with E-state index >= 15 is 0 Å². The van der Waals surface area contributed by atoms with Crippen LogP contribution < -0.4 is 20.5 Å². The van der Waals surface area contributed by atoms with Crippen molar-refractivity contribution in [3.8, 4) is 11.5 Å². The number of fused-ring (bicyclic) bond motifs is 1. The molecule has 2 aliphatic heterocycles. The van der Waals surface area contributed by atoms with E-state index in [1.807, 2.05) is 6.07 Å². The minimum Gasteiger partial charge on any atom is -0.454 e. The molecule has 6 nitrogen and oxygen atoms in total. The van der Waals surface area contributed by atoms with Crippen LogP contribution in [0.15, 0.2) is 18.2 Å². The third kappa shape index (κ3) is 4.00. The summed E-state index contributed by atoms with van der Waals surface area (Å²) in [5.74, 6) is 1.35. The lowest BCUT2D eigenvalue weighted by Crippen LogP contribution is -2.45. The first-order chi connectivity index (χ1) is 9.70. The number of carbonyl (C=O) groups is 1. The Balaban J connectivity index is 0.00000161. The Labute approximate surface area is 130 Å². The van der Waals surface area contributed by atoms with E-state index in [1.165, 1.54) is 0 Å². The van der Waals surface area contributed by atoms with E-state index in [0.717, 1.165) is 31.6 Å². The molecule has 3 rings (SSSR count). The molecule has 0 aliphatic carbocycles. The average molecular weight is 314 g/mol. The number of nitrogens with one attached hydrogen (secondary N) is 1. The molecule has 2 aliphatic rings. The summed E-state index contributed by atoms with van der Waals surface area (Å²) < 4.78 is 10.5. The van der Waals surface area contributed by atoms with E-state index < -0.39 is 0 Å². The van der Waals surface area contributed by atoms with Crippen molar-refractivity contribution >= 4 is 24.0 Å². The van der Waals surface area contributed by atoms with Crippen LogP contribution >= 0.6 is 12.4 Å². The van der Waals surface area contributed by atoms with Gasteiger partial charge in [-0.2, -0.15) is 0 Å². The van der Waals surface area contributed by atoms with Gasteiger partial charge in [-0.15, -0.1) is 12.4 Å². The summed E-state index contributed by atoms with van der Waals surface area (Å²) in [6, 6.07) is 5.58. The third-order valence-corrected chi connectivity index (χ3v) is 3.57. The van der Waals surface area contributed by atoms with Crippen molar-refractivity contribution in [1.82, 2.24) is 4.90 Å². The van der Waals surface area contributed by atoms with Gasteiger partial charge < -0.3 is 20.5 Å². The molecular formula is C14H20ClN3O3. The SMILES string of the molecule is Cl.N[C@@H]1CCCN(CC(=O)Nc2ccc3c(c2)OCO3)C1. The number of amides is 1. The summed E-state index contributed by atoms with van der Waals surface area (Å²) in [6.07, 6.45) is 2.10. The summed E-state index contributed by atoms with van der Waals surface area (Å²) in [5.41, 5.74) is 6.63. The van der Waals surface area contributed by atoms with Crippen LogP contribution in [-0.4, -0.2) is 43.3 Å². The molecule has 0 saturated carbocycles. The zero-order valence-electron chi connectivity index (χ0n) is 11.7. The first-order valence-corrected chi connectivity index (χ1v) is 6.88. The summed E-state index contributed by atoms with van der Waals surface area (Å²) in [7, 11) is 0. The molecule has 1 fully saturated rings. The predicted octanol–water partition coefficient (Wildman–Crippen LogP) is 1.20. The summed E-state index contributed by atoms with van der Waals surface area (Å²) >= 11 is 0. The molecular weight excluding hydrogens is 294 g/mol. The number of hydrogen-bond donors (Lipinski definition) is 2. The fourth-order valence-corrected chi connectivity index (χ4v) is 2.61. The molecule has 1 saturated heterocycles. The van der Waals surface area contributed by atoms with E-state index in [2.05, 4.69) is 10.2 Å². The van der Waals surface area contributed by atoms with Gasteiger partial charge in [0.05, 0.1) is 6.54 Å². The van der Waals surface area contributed by atoms with Gasteiger partial charge in [-0.05, 0) is 31.5 Å². The third-order valence-electron chi connectivity index (χ3n) is 3.57. The summed E-state index contributed by atoms with van der Waals surface area (Å²) in [5, 5.41) is 2.88. The number of carbonyl (C=O) groups excluding carboxylic acids is 1. The maximum atomic E-state index is 12.0. The van der Waals surface area contributed by atoms with Crippen LogP contribution in [0, 0.1) is 0 Å². The molecule has 0 radical (unpaired) electrons. The molecule has 0 spiro atoms. The van der Waals surface area contributed by atoms with Crippen LogP contribution in [0.25, 0.3) is 0 Å². The molecule has 1 amide bonds. The van der Waals surface area contributed by atoms with Gasteiger partial charge in [-0.3, -0.25) is 9.69 Å². The number of halogens is 1. The zero-order chi connectivity index (χ0) is 13.9. The van der Waals surface area contributed by atoms with Gasteiger partial charge in [-0.25, -0.2) is 0 Å². The van der Waals surface area contributed by atoms with Crippen molar-refractivity contribution in [3.05, 3.63) is 18.2 Å². The zero-order valence-corrected chi connectivity index (χ0v) is 12.5. The normalized spacial score (nSPS) is 20.7. The number of nitrogens with two attached hydrogens (primary N) is 1. The van der Waals surface area contributed by atoms with Gasteiger partial charge >= 0.3 is 0 Å². The van der Waals surface area contributed by atoms with Gasteiger partial charge in [0, 0.05) is 24.3 Å². The highest BCUT2D eigenvalue weighted by molar-refractivity contribution is 5.92. The number of anilines is 1. The summed E-state index contributed by atoms with van der Waals surface area (Å²) in [6.45, 7) is 2.33. The molecule has 0 unspecified atom stereocenters. The maximum absolute atomic E-state index is 12.0. The second kappa shape index (κ2) is 6.98. The largest absolute Gasteiger partial charge is 0.454 e. The van der Waals surface area contributed by atoms with E-state index in [1.54, 1.807) is 12.1 Å². The predicted molar refractivity (Wildman–Crippen MR) is 82.1 cm³/mol. The first kappa shape index (κ1) is 15.9. The number of ether oxygens (including phenoxy) is 2. The molecule has 0 bridgehead atoms. The Bertz CT molecular complexity index is 512. The molecule has 116 valence electrons. The van der Waals surface area contributed by atoms with Crippen LogP contribution in [-0.2, 0) is 4.79 Å². The Morgan fingerprint density at radius 2 is 2.19 bits per heavy atom. The van der Waals surface area contributed by atoms with Crippen molar-refractivity contribution in [2.75, 3.05) is 31.7 Å². The van der Waals surface area contributed by atoms with Gasteiger partial charge in [0.15, 0.2) is 11.5 Å². The lowest BCUT2D eigenvalue weighted by atomic mass is 10.1. The Kier molecular flexibility index (Phi) is 5.27. The van der Waals surface area contributed by atoms with Crippen molar-refractivity contribution in [2.45, 2.75) is 18.9 Å². The number of benzene rings is 1. The Morgan fingerprint density at radius 1 is 1.38 bits per heavy atom. The fraction of sp³-hybridized carbons (Fsp3) is 0.500. The highest BCUT2D eigenvalue weighted by Gasteiger charge is 2.19. The highest BCUT2D eigenvalue weighted by Crippen LogP contribution is 2.34. The number of likely N-dealkylation sites (tertiary alicyclic amines) is 1. The van der Waals surface area contributed by atoms with Gasteiger partial charge in [-0.1, -0.05) is 0 Å². The highest BCUT2D eigenvalue weighted by atomic mass is 35.5. The molecule has 3 N–H and O–H groups in total. The molecule has 2 heterocycles. The minimum atomic E-state index is -0.0297. The Hall–Kier alpha value is -1.50. The lowest BCUT2D eigenvalue weighted by Gasteiger charge is -2.29. The number of hydrogen-bond acceptors (Lipinski definition) is 5. The van der Waals surface area contributed by atoms with Crippen molar-refractivity contribution in [1.29, 1.82) is 0 Å². The van der Waals surface area contributed by atoms with Crippen molar-refractivity contribution in [2.24, 2.45) is 5.73 Å². The quantitative estimate of drug-likeness (QED) is 0.877. The monoisotopic (exact) mass is 313 g/mol. The number of nitrogens with zero attached hydrogens (tertiary/aromatic N) is 1. The van der Waals surface area contributed by atoms with Gasteiger partial charge in [0.25, 0.3) is 0 Å². The van der Waals surface area contributed by atoms with E-state index in [4.69, 9.17) is 15.2 Å². The minimum absolute atomic E-state index is 0. The Morgan fingerprint density at radius 3 is 3.00 bits per heavy atom. The molecule has 1 aromatic rings. The van der Waals surface area contributed by atoms with Crippen LogP contribution in [0.5, 0.6) is 11.5 Å². The molecule has 1 atom stereocenters. The molecule has 1 aromatic carbocycles. The first-order valence-electron chi connectivity index (χ1n) is 6.88. The second-order valence-corrected chi connectivity index (χ2v) is 5.25. The van der Waals surface area contributed by atoms with Crippen molar-refractivity contribution in [3.63, 3.8) is 0 Å². The topological polar surface area (TPSA) is 76.8 Å². The smallest absolute Gasteiger partial charge is 0.238 e.